The quantitative estimate of drug-likeness (QED) is 0.621. The first-order valence-corrected chi connectivity index (χ1v) is 11.0. The molecule has 1 aliphatic rings. The summed E-state index contributed by atoms with van der Waals surface area (Å²) in [5, 5.41) is 2.96. The zero-order valence-electron chi connectivity index (χ0n) is 18.8. The van der Waals surface area contributed by atoms with Crippen LogP contribution in [0.25, 0.3) is 6.08 Å². The first kappa shape index (κ1) is 22.8. The maximum Gasteiger partial charge on any atom is 0.248 e. The third-order valence-electron chi connectivity index (χ3n) is 5.19. The molecule has 2 aromatic rings. The van der Waals surface area contributed by atoms with Crippen molar-refractivity contribution in [3.05, 3.63) is 59.7 Å². The molecule has 31 heavy (non-hydrogen) atoms. The zero-order chi connectivity index (χ0) is 22.1. The van der Waals surface area contributed by atoms with Crippen molar-refractivity contribution < 1.29 is 14.3 Å². The third-order valence-corrected chi connectivity index (χ3v) is 5.19. The first-order valence-electron chi connectivity index (χ1n) is 11.0. The second-order valence-electron chi connectivity index (χ2n) is 7.67. The molecule has 0 aliphatic carbocycles. The van der Waals surface area contributed by atoms with Gasteiger partial charge >= 0.3 is 0 Å². The largest absolute Gasteiger partial charge is 0.490 e. The van der Waals surface area contributed by atoms with E-state index in [2.05, 4.69) is 28.2 Å². The highest BCUT2D eigenvalue weighted by Gasteiger charge is 2.14. The molecule has 0 saturated carbocycles. The molecule has 1 aliphatic heterocycles. The van der Waals surface area contributed by atoms with Gasteiger partial charge in [-0.15, -0.1) is 0 Å². The fraction of sp³-hybridized carbons (Fsp3) is 0.400. The van der Waals surface area contributed by atoms with Gasteiger partial charge in [-0.25, -0.2) is 0 Å². The normalized spacial score (nSPS) is 15.2. The molecule has 1 saturated heterocycles. The molecule has 0 unspecified atom stereocenters. The van der Waals surface area contributed by atoms with Crippen molar-refractivity contribution in [2.24, 2.45) is 0 Å². The maximum absolute atomic E-state index is 12.4. The van der Waals surface area contributed by atoms with E-state index in [4.69, 9.17) is 9.47 Å². The Morgan fingerprint density at radius 1 is 1.00 bits per heavy atom. The standard InChI is InChI=1S/C25H33N3O3/c1-4-30-23-11-9-20(18-24(23)31-5-2)10-12-25(29)26-22-8-6-7-21(17-22)19-28-15-13-27(3)14-16-28/h6-12,17-18H,4-5,13-16,19H2,1-3H3,(H,26,29)/b12-10+. The van der Waals surface area contributed by atoms with Crippen LogP contribution in [0, 0.1) is 0 Å². The average molecular weight is 424 g/mol. The molecule has 0 atom stereocenters. The van der Waals surface area contributed by atoms with E-state index in [-0.39, 0.29) is 5.91 Å². The Labute approximate surface area is 185 Å². The topological polar surface area (TPSA) is 54.0 Å². The van der Waals surface area contributed by atoms with Crippen LogP contribution in [0.5, 0.6) is 11.5 Å². The molecule has 0 aromatic heterocycles. The summed E-state index contributed by atoms with van der Waals surface area (Å²) in [4.78, 5) is 17.2. The van der Waals surface area contributed by atoms with E-state index >= 15 is 0 Å². The van der Waals surface area contributed by atoms with Crippen LogP contribution in [0.3, 0.4) is 0 Å². The fourth-order valence-electron chi connectivity index (χ4n) is 3.54. The van der Waals surface area contributed by atoms with Crippen molar-refractivity contribution in [2.45, 2.75) is 20.4 Å². The molecule has 3 rings (SSSR count). The highest BCUT2D eigenvalue weighted by Crippen LogP contribution is 2.29. The lowest BCUT2D eigenvalue weighted by Gasteiger charge is -2.32. The average Bonchev–Trinajstić information content (AvgIpc) is 2.76. The van der Waals surface area contributed by atoms with Gasteiger partial charge in [0.1, 0.15) is 0 Å². The number of benzene rings is 2. The second-order valence-corrected chi connectivity index (χ2v) is 7.67. The van der Waals surface area contributed by atoms with E-state index in [1.165, 1.54) is 5.56 Å². The van der Waals surface area contributed by atoms with Gasteiger partial charge in [-0.2, -0.15) is 0 Å². The molecule has 0 radical (unpaired) electrons. The van der Waals surface area contributed by atoms with Crippen LogP contribution in [0.2, 0.25) is 0 Å². The molecule has 6 heteroatoms. The summed E-state index contributed by atoms with van der Waals surface area (Å²) in [6, 6.07) is 13.7. The van der Waals surface area contributed by atoms with Gasteiger partial charge in [0.2, 0.25) is 5.91 Å². The zero-order valence-corrected chi connectivity index (χ0v) is 18.8. The van der Waals surface area contributed by atoms with Crippen molar-refractivity contribution in [1.82, 2.24) is 9.80 Å². The number of carbonyl (C=O) groups excluding carboxylic acids is 1. The Bertz CT molecular complexity index is 889. The molecule has 1 N–H and O–H groups in total. The Balaban J connectivity index is 1.59. The summed E-state index contributed by atoms with van der Waals surface area (Å²) in [5.41, 5.74) is 2.90. The lowest BCUT2D eigenvalue weighted by molar-refractivity contribution is -0.111. The van der Waals surface area contributed by atoms with E-state index in [1.54, 1.807) is 12.2 Å². The summed E-state index contributed by atoms with van der Waals surface area (Å²) in [6.45, 7) is 10.2. The van der Waals surface area contributed by atoms with Crippen LogP contribution >= 0.6 is 0 Å². The molecule has 6 nitrogen and oxygen atoms in total. The number of amides is 1. The van der Waals surface area contributed by atoms with Gasteiger partial charge in [0.25, 0.3) is 0 Å². The molecule has 1 fully saturated rings. The minimum absolute atomic E-state index is 0.163. The second kappa shape index (κ2) is 11.5. The molecule has 1 amide bonds. The molecule has 0 bridgehead atoms. The van der Waals surface area contributed by atoms with Crippen LogP contribution in [0.15, 0.2) is 48.5 Å². The number of nitrogens with one attached hydrogen (secondary N) is 1. The fourth-order valence-corrected chi connectivity index (χ4v) is 3.54. The minimum atomic E-state index is -0.163. The Hall–Kier alpha value is -2.83. The number of hydrogen-bond donors (Lipinski definition) is 1. The van der Waals surface area contributed by atoms with Crippen molar-refractivity contribution in [1.29, 1.82) is 0 Å². The molecule has 1 heterocycles. The van der Waals surface area contributed by atoms with Gasteiger partial charge in [-0.1, -0.05) is 18.2 Å². The predicted molar refractivity (Wildman–Crippen MR) is 126 cm³/mol. The number of piperazine rings is 1. The Morgan fingerprint density at radius 2 is 1.74 bits per heavy atom. The van der Waals surface area contributed by atoms with Crippen molar-refractivity contribution in [3.8, 4) is 11.5 Å². The number of ether oxygens (including phenoxy) is 2. The summed E-state index contributed by atoms with van der Waals surface area (Å²) in [7, 11) is 2.16. The Morgan fingerprint density at radius 3 is 2.48 bits per heavy atom. The number of likely N-dealkylation sites (N-methyl/N-ethyl adjacent to an activating group) is 1. The van der Waals surface area contributed by atoms with Crippen molar-refractivity contribution in [3.63, 3.8) is 0 Å². The lowest BCUT2D eigenvalue weighted by Crippen LogP contribution is -2.43. The van der Waals surface area contributed by atoms with E-state index < -0.39 is 0 Å². The number of hydrogen-bond acceptors (Lipinski definition) is 5. The third kappa shape index (κ3) is 7.12. The molecule has 0 spiro atoms. The molecule has 166 valence electrons. The first-order chi connectivity index (χ1) is 15.1. The van der Waals surface area contributed by atoms with Gasteiger partial charge in [-0.05, 0) is 62.4 Å². The van der Waals surface area contributed by atoms with E-state index in [0.29, 0.717) is 24.7 Å². The molecular formula is C25H33N3O3. The lowest BCUT2D eigenvalue weighted by atomic mass is 10.1. The molecule has 2 aromatic carbocycles. The highest BCUT2D eigenvalue weighted by molar-refractivity contribution is 6.02. The van der Waals surface area contributed by atoms with Gasteiger partial charge < -0.3 is 19.7 Å². The van der Waals surface area contributed by atoms with E-state index in [1.807, 2.05) is 50.2 Å². The number of carbonyl (C=O) groups is 1. The summed E-state index contributed by atoms with van der Waals surface area (Å²) >= 11 is 0. The summed E-state index contributed by atoms with van der Waals surface area (Å²) in [6.07, 6.45) is 3.32. The van der Waals surface area contributed by atoms with E-state index in [0.717, 1.165) is 44.0 Å². The number of anilines is 1. The van der Waals surface area contributed by atoms with Crippen molar-refractivity contribution in [2.75, 3.05) is 51.8 Å². The van der Waals surface area contributed by atoms with Gasteiger partial charge in [0, 0.05) is 44.5 Å². The Kier molecular flexibility index (Phi) is 8.50. The smallest absolute Gasteiger partial charge is 0.248 e. The number of nitrogens with zero attached hydrogens (tertiary/aromatic N) is 2. The van der Waals surface area contributed by atoms with Crippen LogP contribution in [0.4, 0.5) is 5.69 Å². The van der Waals surface area contributed by atoms with Gasteiger partial charge in [-0.3, -0.25) is 9.69 Å². The van der Waals surface area contributed by atoms with E-state index in [9.17, 15) is 4.79 Å². The number of rotatable bonds is 9. The minimum Gasteiger partial charge on any atom is -0.490 e. The maximum atomic E-state index is 12.4. The van der Waals surface area contributed by atoms with Crippen LogP contribution in [0.1, 0.15) is 25.0 Å². The van der Waals surface area contributed by atoms with Crippen LogP contribution < -0.4 is 14.8 Å². The monoisotopic (exact) mass is 423 g/mol. The SMILES string of the molecule is CCOc1ccc(/C=C/C(=O)Nc2cccc(CN3CCN(C)CC3)c2)cc1OCC. The summed E-state index contributed by atoms with van der Waals surface area (Å²) in [5.74, 6) is 1.23. The van der Waals surface area contributed by atoms with Crippen LogP contribution in [-0.2, 0) is 11.3 Å². The van der Waals surface area contributed by atoms with Crippen molar-refractivity contribution >= 4 is 17.7 Å². The van der Waals surface area contributed by atoms with Gasteiger partial charge in [0.05, 0.1) is 13.2 Å². The summed E-state index contributed by atoms with van der Waals surface area (Å²) < 4.78 is 11.2. The predicted octanol–water partition coefficient (Wildman–Crippen LogP) is 3.88. The van der Waals surface area contributed by atoms with Gasteiger partial charge in [0.15, 0.2) is 11.5 Å². The molecular weight excluding hydrogens is 390 g/mol. The van der Waals surface area contributed by atoms with Crippen LogP contribution in [-0.4, -0.2) is 62.1 Å². The highest BCUT2D eigenvalue weighted by atomic mass is 16.5.